The molecule has 3 aromatic rings. The highest BCUT2D eigenvalue weighted by molar-refractivity contribution is 5.82. The van der Waals surface area contributed by atoms with Crippen molar-refractivity contribution in [1.82, 2.24) is 0 Å². The second kappa shape index (κ2) is 6.14. The quantitative estimate of drug-likeness (QED) is 0.802. The van der Waals surface area contributed by atoms with Crippen molar-refractivity contribution in [1.29, 1.82) is 0 Å². The van der Waals surface area contributed by atoms with Gasteiger partial charge in [0.15, 0.2) is 5.43 Å². The van der Waals surface area contributed by atoms with Crippen molar-refractivity contribution in [3.63, 3.8) is 0 Å². The first-order valence-corrected chi connectivity index (χ1v) is 7.07. The summed E-state index contributed by atoms with van der Waals surface area (Å²) in [6.07, 6.45) is 0. The standard InChI is InChI=1S/C18H16O5/c1-21-15-6-4-3-5-12(15)17-8-14(20)13-7-11(10-19)16(22-2)9-18(13)23-17/h3-9,19H,10H2,1-2H3. The molecule has 0 saturated heterocycles. The number of rotatable bonds is 4. The summed E-state index contributed by atoms with van der Waals surface area (Å²) >= 11 is 0. The minimum absolute atomic E-state index is 0.190. The van der Waals surface area contributed by atoms with Crippen molar-refractivity contribution in [2.75, 3.05) is 14.2 Å². The molecular formula is C18H16O5. The fraction of sp³-hybridized carbons (Fsp3) is 0.167. The van der Waals surface area contributed by atoms with Crippen LogP contribution in [0.25, 0.3) is 22.3 Å². The average Bonchev–Trinajstić information content (AvgIpc) is 2.60. The van der Waals surface area contributed by atoms with E-state index >= 15 is 0 Å². The summed E-state index contributed by atoms with van der Waals surface area (Å²) in [5.74, 6) is 1.51. The summed E-state index contributed by atoms with van der Waals surface area (Å²) < 4.78 is 16.4. The van der Waals surface area contributed by atoms with Gasteiger partial charge in [-0.2, -0.15) is 0 Å². The maximum atomic E-state index is 12.4. The molecule has 1 aromatic heterocycles. The molecular weight excluding hydrogens is 296 g/mol. The lowest BCUT2D eigenvalue weighted by Gasteiger charge is -2.10. The highest BCUT2D eigenvalue weighted by Gasteiger charge is 2.13. The van der Waals surface area contributed by atoms with Crippen molar-refractivity contribution in [3.8, 4) is 22.8 Å². The molecule has 0 atom stereocenters. The van der Waals surface area contributed by atoms with Gasteiger partial charge >= 0.3 is 0 Å². The van der Waals surface area contributed by atoms with Crippen LogP contribution in [-0.2, 0) is 6.61 Å². The Morgan fingerprint density at radius 3 is 2.48 bits per heavy atom. The van der Waals surface area contributed by atoms with Crippen LogP contribution in [0.3, 0.4) is 0 Å². The Hall–Kier alpha value is -2.79. The second-order valence-corrected chi connectivity index (χ2v) is 4.99. The van der Waals surface area contributed by atoms with Crippen LogP contribution in [0, 0.1) is 0 Å². The van der Waals surface area contributed by atoms with Crippen LogP contribution >= 0.6 is 0 Å². The molecule has 0 aliphatic rings. The maximum Gasteiger partial charge on any atom is 0.193 e. The van der Waals surface area contributed by atoms with Gasteiger partial charge in [0.2, 0.25) is 0 Å². The number of fused-ring (bicyclic) bond motifs is 1. The molecule has 0 radical (unpaired) electrons. The van der Waals surface area contributed by atoms with Crippen LogP contribution in [0.5, 0.6) is 11.5 Å². The van der Waals surface area contributed by atoms with Crippen molar-refractivity contribution in [2.24, 2.45) is 0 Å². The molecule has 0 bridgehead atoms. The predicted octanol–water partition coefficient (Wildman–Crippen LogP) is 2.97. The SMILES string of the molecule is COc1cc2oc(-c3ccccc3OC)cc(=O)c2cc1CO. The molecule has 1 N–H and O–H groups in total. The van der Waals surface area contributed by atoms with Gasteiger partial charge in [-0.3, -0.25) is 4.79 Å². The number of methoxy groups -OCH3 is 2. The molecule has 0 unspecified atom stereocenters. The fourth-order valence-corrected chi connectivity index (χ4v) is 2.52. The van der Waals surface area contributed by atoms with E-state index in [0.717, 1.165) is 0 Å². The van der Waals surface area contributed by atoms with E-state index in [1.54, 1.807) is 25.3 Å². The van der Waals surface area contributed by atoms with Gasteiger partial charge in [-0.25, -0.2) is 0 Å². The highest BCUT2D eigenvalue weighted by Crippen LogP contribution is 2.32. The third-order valence-corrected chi connectivity index (χ3v) is 3.67. The van der Waals surface area contributed by atoms with Crippen molar-refractivity contribution >= 4 is 11.0 Å². The predicted molar refractivity (Wildman–Crippen MR) is 86.9 cm³/mol. The highest BCUT2D eigenvalue weighted by atomic mass is 16.5. The van der Waals surface area contributed by atoms with Crippen LogP contribution in [-0.4, -0.2) is 19.3 Å². The number of ether oxygens (including phenoxy) is 2. The van der Waals surface area contributed by atoms with E-state index in [-0.39, 0.29) is 12.0 Å². The Bertz CT molecular complexity index is 911. The largest absolute Gasteiger partial charge is 0.496 e. The van der Waals surface area contributed by atoms with E-state index in [1.807, 2.05) is 18.2 Å². The zero-order chi connectivity index (χ0) is 16.4. The Labute approximate surface area is 132 Å². The zero-order valence-electron chi connectivity index (χ0n) is 12.8. The third kappa shape index (κ3) is 2.66. The van der Waals surface area contributed by atoms with E-state index in [1.165, 1.54) is 13.2 Å². The first-order chi connectivity index (χ1) is 11.2. The van der Waals surface area contributed by atoms with E-state index < -0.39 is 0 Å². The minimum atomic E-state index is -0.215. The minimum Gasteiger partial charge on any atom is -0.496 e. The molecule has 0 amide bonds. The molecule has 0 spiro atoms. The van der Waals surface area contributed by atoms with Crippen molar-refractivity contribution < 1.29 is 19.0 Å². The number of aliphatic hydroxyl groups is 1. The summed E-state index contributed by atoms with van der Waals surface area (Å²) in [5.41, 5.74) is 1.44. The third-order valence-electron chi connectivity index (χ3n) is 3.67. The Balaban J connectivity index is 2.27. The number of hydrogen-bond donors (Lipinski definition) is 1. The smallest absolute Gasteiger partial charge is 0.193 e. The van der Waals surface area contributed by atoms with Gasteiger partial charge in [-0.15, -0.1) is 0 Å². The molecule has 5 heteroatoms. The van der Waals surface area contributed by atoms with Crippen molar-refractivity contribution in [3.05, 3.63) is 58.3 Å². The zero-order valence-corrected chi connectivity index (χ0v) is 12.8. The first kappa shape index (κ1) is 15.1. The summed E-state index contributed by atoms with van der Waals surface area (Å²) in [5, 5.41) is 9.77. The molecule has 0 saturated carbocycles. The number of benzene rings is 2. The normalized spacial score (nSPS) is 10.7. The van der Waals surface area contributed by atoms with Crippen LogP contribution < -0.4 is 14.9 Å². The van der Waals surface area contributed by atoms with Gasteiger partial charge in [0.05, 0.1) is 31.8 Å². The molecule has 1 heterocycles. The monoisotopic (exact) mass is 312 g/mol. The topological polar surface area (TPSA) is 68.9 Å². The fourth-order valence-electron chi connectivity index (χ4n) is 2.52. The lowest BCUT2D eigenvalue weighted by molar-refractivity contribution is 0.274. The van der Waals surface area contributed by atoms with Gasteiger partial charge in [0.1, 0.15) is 22.8 Å². The van der Waals surface area contributed by atoms with Crippen LogP contribution in [0.2, 0.25) is 0 Å². The molecule has 3 rings (SSSR count). The van der Waals surface area contributed by atoms with E-state index in [2.05, 4.69) is 0 Å². The van der Waals surface area contributed by atoms with E-state index in [4.69, 9.17) is 13.9 Å². The van der Waals surface area contributed by atoms with Crippen LogP contribution in [0.1, 0.15) is 5.56 Å². The summed E-state index contributed by atoms with van der Waals surface area (Å²) in [4.78, 5) is 12.4. The van der Waals surface area contributed by atoms with Gasteiger partial charge < -0.3 is 19.0 Å². The number of aliphatic hydroxyl groups excluding tert-OH is 1. The van der Waals surface area contributed by atoms with E-state index in [9.17, 15) is 9.90 Å². The molecule has 118 valence electrons. The summed E-state index contributed by atoms with van der Waals surface area (Å²) in [6.45, 7) is -0.215. The summed E-state index contributed by atoms with van der Waals surface area (Å²) in [7, 11) is 3.07. The van der Waals surface area contributed by atoms with Crippen LogP contribution in [0.4, 0.5) is 0 Å². The Kier molecular flexibility index (Phi) is 4.04. The lowest BCUT2D eigenvalue weighted by atomic mass is 10.1. The molecule has 23 heavy (non-hydrogen) atoms. The first-order valence-electron chi connectivity index (χ1n) is 7.07. The maximum absolute atomic E-state index is 12.4. The lowest BCUT2D eigenvalue weighted by Crippen LogP contribution is -2.03. The van der Waals surface area contributed by atoms with Gasteiger partial charge in [0, 0.05) is 17.7 Å². The van der Waals surface area contributed by atoms with Gasteiger partial charge in [0.25, 0.3) is 0 Å². The van der Waals surface area contributed by atoms with Gasteiger partial charge in [-0.05, 0) is 18.2 Å². The Morgan fingerprint density at radius 1 is 1.04 bits per heavy atom. The average molecular weight is 312 g/mol. The van der Waals surface area contributed by atoms with Crippen molar-refractivity contribution in [2.45, 2.75) is 6.61 Å². The molecule has 2 aromatic carbocycles. The summed E-state index contributed by atoms with van der Waals surface area (Å²) in [6, 6.07) is 11.9. The van der Waals surface area contributed by atoms with Gasteiger partial charge in [-0.1, -0.05) is 12.1 Å². The van der Waals surface area contributed by atoms with Crippen LogP contribution in [0.15, 0.2) is 51.7 Å². The Morgan fingerprint density at radius 2 is 1.78 bits per heavy atom. The molecule has 5 nitrogen and oxygen atoms in total. The number of para-hydroxylation sites is 1. The van der Waals surface area contributed by atoms with E-state index in [0.29, 0.717) is 39.4 Å². The number of hydrogen-bond acceptors (Lipinski definition) is 5. The molecule has 0 fully saturated rings. The molecule has 0 aliphatic heterocycles. The second-order valence-electron chi connectivity index (χ2n) is 4.99. The molecule has 0 aliphatic carbocycles.